The zero-order chi connectivity index (χ0) is 15.4. The second kappa shape index (κ2) is 6.91. The molecule has 0 radical (unpaired) electrons. The third-order valence-electron chi connectivity index (χ3n) is 4.57. The number of nitrogens with zero attached hydrogens (tertiary/aromatic N) is 6. The van der Waals surface area contributed by atoms with Crippen molar-refractivity contribution < 1.29 is 4.79 Å². The van der Waals surface area contributed by atoms with Gasteiger partial charge in [-0.25, -0.2) is 9.97 Å². The Labute approximate surface area is 131 Å². The van der Waals surface area contributed by atoms with Crippen LogP contribution in [0, 0.1) is 0 Å². The second-order valence-corrected chi connectivity index (χ2v) is 5.78. The molecule has 7 nitrogen and oxygen atoms in total. The maximum absolute atomic E-state index is 10.8. The van der Waals surface area contributed by atoms with E-state index in [1.807, 2.05) is 4.90 Å². The average Bonchev–Trinajstić information content (AvgIpc) is 2.62. The highest BCUT2D eigenvalue weighted by molar-refractivity contribution is 5.52. The van der Waals surface area contributed by atoms with Gasteiger partial charge in [-0.3, -0.25) is 4.79 Å². The van der Waals surface area contributed by atoms with Crippen molar-refractivity contribution in [3.8, 4) is 0 Å². The summed E-state index contributed by atoms with van der Waals surface area (Å²) < 4.78 is 0. The minimum atomic E-state index is 0.762. The zero-order valence-electron chi connectivity index (χ0n) is 13.2. The Bertz CT molecular complexity index is 495. The molecule has 0 atom stereocenters. The fraction of sp³-hybridized carbons (Fsp3) is 0.667. The van der Waals surface area contributed by atoms with Crippen molar-refractivity contribution >= 4 is 18.0 Å². The van der Waals surface area contributed by atoms with E-state index in [0.29, 0.717) is 0 Å². The minimum absolute atomic E-state index is 0.762. The largest absolute Gasteiger partial charge is 0.354 e. The summed E-state index contributed by atoms with van der Waals surface area (Å²) in [6, 6.07) is 2.08. The Balaban J connectivity index is 1.64. The summed E-state index contributed by atoms with van der Waals surface area (Å²) in [7, 11) is 0. The minimum Gasteiger partial charge on any atom is -0.354 e. The molecule has 0 saturated carbocycles. The number of carbonyl (C=O) groups excluding carboxylic acids is 1. The van der Waals surface area contributed by atoms with Crippen LogP contribution in [0.2, 0.25) is 0 Å². The van der Waals surface area contributed by atoms with Crippen molar-refractivity contribution in [2.75, 3.05) is 68.7 Å². The van der Waals surface area contributed by atoms with Crippen molar-refractivity contribution in [1.82, 2.24) is 19.8 Å². The molecule has 2 aliphatic rings. The molecule has 0 unspecified atom stereocenters. The van der Waals surface area contributed by atoms with Crippen LogP contribution in [0.15, 0.2) is 12.4 Å². The zero-order valence-corrected chi connectivity index (χ0v) is 13.2. The molecule has 120 valence electrons. The van der Waals surface area contributed by atoms with Crippen LogP contribution < -0.4 is 9.80 Å². The van der Waals surface area contributed by atoms with E-state index in [1.54, 1.807) is 6.33 Å². The first-order valence-corrected chi connectivity index (χ1v) is 8.04. The third-order valence-corrected chi connectivity index (χ3v) is 4.57. The molecule has 7 heteroatoms. The summed E-state index contributed by atoms with van der Waals surface area (Å²) in [5.41, 5.74) is 0. The summed E-state index contributed by atoms with van der Waals surface area (Å²) in [5, 5.41) is 0. The number of piperazine rings is 2. The molecular weight excluding hydrogens is 280 g/mol. The van der Waals surface area contributed by atoms with Gasteiger partial charge in [0.2, 0.25) is 6.41 Å². The van der Waals surface area contributed by atoms with Gasteiger partial charge < -0.3 is 19.6 Å². The van der Waals surface area contributed by atoms with Crippen LogP contribution in [0.4, 0.5) is 11.6 Å². The van der Waals surface area contributed by atoms with Gasteiger partial charge in [0.05, 0.1) is 0 Å². The van der Waals surface area contributed by atoms with Crippen molar-refractivity contribution in [3.05, 3.63) is 12.4 Å². The fourth-order valence-electron chi connectivity index (χ4n) is 3.03. The van der Waals surface area contributed by atoms with Crippen LogP contribution in [0.3, 0.4) is 0 Å². The van der Waals surface area contributed by atoms with Gasteiger partial charge in [-0.05, 0) is 6.54 Å². The highest BCUT2D eigenvalue weighted by Gasteiger charge is 2.20. The van der Waals surface area contributed by atoms with Crippen LogP contribution in [0.1, 0.15) is 6.92 Å². The van der Waals surface area contributed by atoms with Crippen LogP contribution in [-0.2, 0) is 4.79 Å². The lowest BCUT2D eigenvalue weighted by Gasteiger charge is -2.36. The van der Waals surface area contributed by atoms with Crippen LogP contribution in [-0.4, -0.2) is 85.1 Å². The second-order valence-electron chi connectivity index (χ2n) is 5.78. The van der Waals surface area contributed by atoms with Gasteiger partial charge in [0.25, 0.3) is 0 Å². The van der Waals surface area contributed by atoms with Crippen LogP contribution in [0.25, 0.3) is 0 Å². The number of hydrogen-bond acceptors (Lipinski definition) is 6. The number of amides is 1. The Morgan fingerprint density at radius 3 is 2.00 bits per heavy atom. The Morgan fingerprint density at radius 1 is 0.955 bits per heavy atom. The monoisotopic (exact) mass is 304 g/mol. The standard InChI is InChI=1S/C15H24N6O/c1-2-18-3-7-20(8-4-18)14-11-15(17-12-16-14)21-9-5-19(13-22)6-10-21/h11-13H,2-10H2,1H3. The summed E-state index contributed by atoms with van der Waals surface area (Å²) in [6.45, 7) is 10.7. The number of carbonyl (C=O) groups is 1. The fourth-order valence-corrected chi connectivity index (χ4v) is 3.03. The average molecular weight is 304 g/mol. The lowest BCUT2D eigenvalue weighted by atomic mass is 10.3. The quantitative estimate of drug-likeness (QED) is 0.724. The molecule has 0 N–H and O–H groups in total. The van der Waals surface area contributed by atoms with E-state index in [0.717, 1.165) is 76.9 Å². The smallest absolute Gasteiger partial charge is 0.209 e. The van der Waals surface area contributed by atoms with E-state index in [9.17, 15) is 4.79 Å². The molecule has 1 amide bonds. The molecule has 2 saturated heterocycles. The molecule has 1 aromatic heterocycles. The molecule has 2 fully saturated rings. The number of anilines is 2. The molecule has 0 aromatic carbocycles. The first-order valence-electron chi connectivity index (χ1n) is 8.04. The van der Waals surface area contributed by atoms with Gasteiger partial charge >= 0.3 is 0 Å². The molecule has 0 aliphatic carbocycles. The molecule has 2 aliphatic heterocycles. The molecule has 1 aromatic rings. The Morgan fingerprint density at radius 2 is 1.50 bits per heavy atom. The van der Waals surface area contributed by atoms with Gasteiger partial charge in [-0.15, -0.1) is 0 Å². The Hall–Kier alpha value is -1.89. The van der Waals surface area contributed by atoms with E-state index in [1.165, 1.54) is 0 Å². The SMILES string of the molecule is CCN1CCN(c2cc(N3CCN(C=O)CC3)ncn2)CC1. The predicted octanol–water partition coefficient (Wildman–Crippen LogP) is -0.103. The summed E-state index contributed by atoms with van der Waals surface area (Å²) in [4.78, 5) is 28.5. The summed E-state index contributed by atoms with van der Waals surface area (Å²) in [6.07, 6.45) is 2.58. The number of rotatable bonds is 4. The third kappa shape index (κ3) is 3.30. The van der Waals surface area contributed by atoms with Crippen molar-refractivity contribution in [3.63, 3.8) is 0 Å². The topological polar surface area (TPSA) is 55.8 Å². The number of likely N-dealkylation sites (N-methyl/N-ethyl adjacent to an activating group) is 1. The molecular formula is C15H24N6O. The van der Waals surface area contributed by atoms with E-state index in [2.05, 4.69) is 37.7 Å². The first-order chi connectivity index (χ1) is 10.8. The molecule has 0 bridgehead atoms. The van der Waals surface area contributed by atoms with E-state index >= 15 is 0 Å². The normalized spacial score (nSPS) is 20.3. The molecule has 22 heavy (non-hydrogen) atoms. The van der Waals surface area contributed by atoms with Crippen molar-refractivity contribution in [2.45, 2.75) is 6.92 Å². The van der Waals surface area contributed by atoms with Gasteiger partial charge in [-0.2, -0.15) is 0 Å². The van der Waals surface area contributed by atoms with Gasteiger partial charge in [-0.1, -0.05) is 6.92 Å². The summed E-state index contributed by atoms with van der Waals surface area (Å²) in [5.74, 6) is 1.98. The van der Waals surface area contributed by atoms with E-state index in [-0.39, 0.29) is 0 Å². The van der Waals surface area contributed by atoms with Crippen LogP contribution >= 0.6 is 0 Å². The van der Waals surface area contributed by atoms with E-state index in [4.69, 9.17) is 0 Å². The lowest BCUT2D eigenvalue weighted by Crippen LogP contribution is -2.47. The molecule has 0 spiro atoms. The van der Waals surface area contributed by atoms with Crippen molar-refractivity contribution in [1.29, 1.82) is 0 Å². The van der Waals surface area contributed by atoms with Gasteiger partial charge in [0.15, 0.2) is 0 Å². The molecule has 3 rings (SSSR count). The molecule has 3 heterocycles. The lowest BCUT2D eigenvalue weighted by molar-refractivity contribution is -0.118. The highest BCUT2D eigenvalue weighted by atomic mass is 16.1. The number of aromatic nitrogens is 2. The predicted molar refractivity (Wildman–Crippen MR) is 86.2 cm³/mol. The maximum Gasteiger partial charge on any atom is 0.209 e. The van der Waals surface area contributed by atoms with Gasteiger partial charge in [0, 0.05) is 58.4 Å². The highest BCUT2D eigenvalue weighted by Crippen LogP contribution is 2.19. The first kappa shape index (κ1) is 15.0. The number of hydrogen-bond donors (Lipinski definition) is 0. The van der Waals surface area contributed by atoms with Crippen molar-refractivity contribution in [2.24, 2.45) is 0 Å². The Kier molecular flexibility index (Phi) is 4.72. The maximum atomic E-state index is 10.8. The van der Waals surface area contributed by atoms with E-state index < -0.39 is 0 Å². The van der Waals surface area contributed by atoms with Crippen LogP contribution in [0.5, 0.6) is 0 Å². The summed E-state index contributed by atoms with van der Waals surface area (Å²) >= 11 is 0. The van der Waals surface area contributed by atoms with Gasteiger partial charge in [0.1, 0.15) is 18.0 Å².